The molecule has 0 spiro atoms. The summed E-state index contributed by atoms with van der Waals surface area (Å²) < 4.78 is 0. The molecule has 94 heavy (non-hydrogen) atoms. The van der Waals surface area contributed by atoms with E-state index in [4.69, 9.17) is 0 Å². The van der Waals surface area contributed by atoms with Crippen LogP contribution in [0, 0.1) is 0 Å². The fourth-order valence-corrected chi connectivity index (χ4v) is 13.0. The van der Waals surface area contributed by atoms with Gasteiger partial charge in [-0.15, -0.1) is 0 Å². The summed E-state index contributed by atoms with van der Waals surface area (Å²) in [7, 11) is 0. The van der Waals surface area contributed by atoms with Crippen molar-refractivity contribution in [2.75, 3.05) is 19.6 Å². The van der Waals surface area contributed by atoms with Gasteiger partial charge in [-0.05, 0) is 207 Å². The molecule has 1 atom stereocenters. The summed E-state index contributed by atoms with van der Waals surface area (Å²) >= 11 is 0. The highest BCUT2D eigenvalue weighted by Crippen LogP contribution is 2.42. The number of allylic oxidation sites excluding steroid dienone is 2. The van der Waals surface area contributed by atoms with Crippen LogP contribution in [0.15, 0.2) is 394 Å². The molecule has 4 nitrogen and oxygen atoms in total. The van der Waals surface area contributed by atoms with Crippen LogP contribution >= 0.6 is 0 Å². The molecule has 0 N–H and O–H groups in total. The highest BCUT2D eigenvalue weighted by atomic mass is 15.2. The number of benzene rings is 14. The highest BCUT2D eigenvalue weighted by Gasteiger charge is 2.22. The number of rotatable bonds is 18. The van der Waals surface area contributed by atoms with Gasteiger partial charge in [-0.3, -0.25) is 0 Å². The zero-order valence-electron chi connectivity index (χ0n) is 52.1. The molecule has 0 saturated carbocycles. The molecule has 0 saturated heterocycles. The van der Waals surface area contributed by atoms with Gasteiger partial charge < -0.3 is 19.6 Å². The van der Waals surface area contributed by atoms with Crippen molar-refractivity contribution >= 4 is 68.1 Å². The highest BCUT2D eigenvalue weighted by molar-refractivity contribution is 5.85. The molecule has 0 amide bonds. The van der Waals surface area contributed by atoms with E-state index in [2.05, 4.69) is 414 Å². The molecule has 0 radical (unpaired) electrons. The Morgan fingerprint density at radius 1 is 0.181 bits per heavy atom. The third-order valence-electron chi connectivity index (χ3n) is 17.8. The number of para-hydroxylation sites is 4. The van der Waals surface area contributed by atoms with E-state index in [1.165, 1.54) is 44.6 Å². The maximum atomic E-state index is 2.45. The monoisotopic (exact) mass is 1200 g/mol. The van der Waals surface area contributed by atoms with E-state index in [1.54, 1.807) is 0 Å². The van der Waals surface area contributed by atoms with Crippen LogP contribution in [0.25, 0.3) is 61.2 Å². The van der Waals surface area contributed by atoms with Crippen molar-refractivity contribution in [3.8, 4) is 55.6 Å². The van der Waals surface area contributed by atoms with E-state index in [0.717, 1.165) is 91.1 Å². The zero-order chi connectivity index (χ0) is 62.8. The maximum absolute atomic E-state index is 2.45. The average Bonchev–Trinajstić information content (AvgIpc) is 1.56. The molecule has 0 aliphatic heterocycles. The van der Waals surface area contributed by atoms with Gasteiger partial charge in [0.2, 0.25) is 0 Å². The molecule has 14 aromatic rings. The quantitative estimate of drug-likeness (QED) is 0.0849. The SMILES string of the molecule is C1=CC(N(c2ccccc2)c2ccc(-c3ccc(N(c4ccccc4)c4ccc(-c5ccc(-c6ccc(N(c7ccccc7)c7ccc(-c8ccc(N(c9ccccc9)c9ccc(-c%10ccccc%10)cc9)cc8)cc7)cc6)cc5)cc4)cc3)cc2)CC=C1c1ccccc1. The van der Waals surface area contributed by atoms with Crippen LogP contribution in [-0.2, 0) is 0 Å². The smallest absolute Gasteiger partial charge is 0.0560 e. The first-order valence-electron chi connectivity index (χ1n) is 32.3. The van der Waals surface area contributed by atoms with Crippen LogP contribution in [0.5, 0.6) is 0 Å². The van der Waals surface area contributed by atoms with E-state index in [-0.39, 0.29) is 6.04 Å². The first-order chi connectivity index (χ1) is 46.6. The van der Waals surface area contributed by atoms with Crippen LogP contribution < -0.4 is 19.6 Å². The predicted octanol–water partition coefficient (Wildman–Crippen LogP) is 25.0. The van der Waals surface area contributed by atoms with Gasteiger partial charge in [0, 0.05) is 62.6 Å². The maximum Gasteiger partial charge on any atom is 0.0560 e. The molecule has 0 heterocycles. The summed E-state index contributed by atoms with van der Waals surface area (Å²) in [6.45, 7) is 0. The average molecular weight is 1210 g/mol. The van der Waals surface area contributed by atoms with Gasteiger partial charge in [-0.25, -0.2) is 0 Å². The van der Waals surface area contributed by atoms with Crippen LogP contribution in [-0.4, -0.2) is 6.04 Å². The predicted molar refractivity (Wildman–Crippen MR) is 398 cm³/mol. The van der Waals surface area contributed by atoms with E-state index < -0.39 is 0 Å². The van der Waals surface area contributed by atoms with Crippen LogP contribution in [0.2, 0.25) is 0 Å². The minimum atomic E-state index is 0.193. The lowest BCUT2D eigenvalue weighted by atomic mass is 9.95. The summed E-state index contributed by atoms with van der Waals surface area (Å²) in [5.74, 6) is 0. The number of hydrogen-bond donors (Lipinski definition) is 0. The molecule has 0 fully saturated rings. The summed E-state index contributed by atoms with van der Waals surface area (Å²) in [6.07, 6.45) is 7.91. The molecular formula is C90H68N4. The summed E-state index contributed by atoms with van der Waals surface area (Å²) in [5.41, 5.74) is 26.4. The summed E-state index contributed by atoms with van der Waals surface area (Å²) in [6, 6.07) is 135. The number of anilines is 11. The van der Waals surface area contributed by atoms with E-state index >= 15 is 0 Å². The van der Waals surface area contributed by atoms with Gasteiger partial charge in [0.25, 0.3) is 0 Å². The number of nitrogens with zero attached hydrogens (tertiary/aromatic N) is 4. The Morgan fingerprint density at radius 3 is 0.628 bits per heavy atom. The van der Waals surface area contributed by atoms with E-state index in [9.17, 15) is 0 Å². The fraction of sp³-hybridized carbons (Fsp3) is 0.0222. The second-order valence-electron chi connectivity index (χ2n) is 23.7. The van der Waals surface area contributed by atoms with Crippen LogP contribution in [0.3, 0.4) is 0 Å². The standard InChI is InChI=1S/C90H68N4/c1-7-19-67(20-8-1)71-35-51-83(52-36-71)91(79-23-11-3-12-24-79)87-59-43-75(44-60-87)77-47-63-89(64-48-77)93(81-27-15-5-16-28-81)85-55-39-73(40-56-85)69-31-33-70(34-32-69)74-41-57-86(58-42-74)94(82-29-17-6-18-30-82)90-65-49-78(50-66-90)76-45-61-88(62-46-76)92(80-25-13-4-14-26-80)84-53-37-72(38-54-84)68-21-9-2-10-22-68/h1-53,55-66,84H,54H2. The van der Waals surface area contributed by atoms with Crippen molar-refractivity contribution in [1.29, 1.82) is 0 Å². The lowest BCUT2D eigenvalue weighted by molar-refractivity contribution is 0.787. The first kappa shape index (κ1) is 58.2. The van der Waals surface area contributed by atoms with Crippen LogP contribution in [0.1, 0.15) is 12.0 Å². The number of hydrogen-bond acceptors (Lipinski definition) is 4. The molecule has 14 aromatic carbocycles. The Kier molecular flexibility index (Phi) is 16.7. The second kappa shape index (κ2) is 27.1. The topological polar surface area (TPSA) is 13.0 Å². The zero-order valence-corrected chi connectivity index (χ0v) is 52.1. The molecule has 15 rings (SSSR count). The normalized spacial score (nSPS) is 12.6. The van der Waals surface area contributed by atoms with Gasteiger partial charge in [0.05, 0.1) is 6.04 Å². The van der Waals surface area contributed by atoms with Crippen molar-refractivity contribution in [3.05, 3.63) is 400 Å². The summed E-state index contributed by atoms with van der Waals surface area (Å²) in [5, 5.41) is 0. The Morgan fingerprint density at radius 2 is 0.372 bits per heavy atom. The second-order valence-corrected chi connectivity index (χ2v) is 23.7. The van der Waals surface area contributed by atoms with Gasteiger partial charge in [-0.1, -0.05) is 261 Å². The first-order valence-corrected chi connectivity index (χ1v) is 32.3. The lowest BCUT2D eigenvalue weighted by Crippen LogP contribution is -2.30. The molecular weight excluding hydrogens is 1140 g/mol. The Bertz CT molecular complexity index is 4810. The van der Waals surface area contributed by atoms with Gasteiger partial charge >= 0.3 is 0 Å². The van der Waals surface area contributed by atoms with Crippen molar-refractivity contribution < 1.29 is 0 Å². The van der Waals surface area contributed by atoms with Gasteiger partial charge in [-0.2, -0.15) is 0 Å². The van der Waals surface area contributed by atoms with Crippen molar-refractivity contribution in [2.24, 2.45) is 0 Å². The lowest BCUT2D eigenvalue weighted by Gasteiger charge is -2.33. The third kappa shape index (κ3) is 12.7. The largest absolute Gasteiger partial charge is 0.334 e. The van der Waals surface area contributed by atoms with Crippen molar-refractivity contribution in [2.45, 2.75) is 12.5 Å². The van der Waals surface area contributed by atoms with Crippen LogP contribution in [0.4, 0.5) is 62.6 Å². The van der Waals surface area contributed by atoms with E-state index in [0.29, 0.717) is 0 Å². The van der Waals surface area contributed by atoms with Gasteiger partial charge in [0.1, 0.15) is 0 Å². The molecule has 448 valence electrons. The molecule has 0 bridgehead atoms. The molecule has 1 aliphatic carbocycles. The van der Waals surface area contributed by atoms with Crippen molar-refractivity contribution in [3.63, 3.8) is 0 Å². The molecule has 4 heteroatoms. The fourth-order valence-electron chi connectivity index (χ4n) is 13.0. The summed E-state index contributed by atoms with van der Waals surface area (Å²) in [4.78, 5) is 9.43. The Balaban J connectivity index is 0.624. The minimum absolute atomic E-state index is 0.193. The van der Waals surface area contributed by atoms with E-state index in [1.807, 2.05) is 0 Å². The molecule has 1 unspecified atom stereocenters. The Labute approximate surface area is 552 Å². The van der Waals surface area contributed by atoms with Gasteiger partial charge in [0.15, 0.2) is 0 Å². The van der Waals surface area contributed by atoms with Crippen molar-refractivity contribution in [1.82, 2.24) is 0 Å². The molecule has 1 aliphatic rings. The molecule has 0 aromatic heterocycles. The minimum Gasteiger partial charge on any atom is -0.334 e. The third-order valence-corrected chi connectivity index (χ3v) is 17.8. The Hall–Kier alpha value is -12.2.